The van der Waals surface area contributed by atoms with Crippen molar-refractivity contribution < 1.29 is 33.0 Å². The number of halogens is 1. The van der Waals surface area contributed by atoms with Crippen LogP contribution in [0.2, 0.25) is 0 Å². The molecule has 0 spiro atoms. The van der Waals surface area contributed by atoms with Crippen LogP contribution in [0.3, 0.4) is 0 Å². The van der Waals surface area contributed by atoms with Crippen molar-refractivity contribution in [1.29, 1.82) is 0 Å². The molecule has 0 aliphatic carbocycles. The van der Waals surface area contributed by atoms with E-state index in [4.69, 9.17) is 18.6 Å². The zero-order chi connectivity index (χ0) is 22.5. The van der Waals surface area contributed by atoms with Crippen LogP contribution in [0.25, 0.3) is 0 Å². The van der Waals surface area contributed by atoms with Crippen molar-refractivity contribution >= 4 is 56.8 Å². The first kappa shape index (κ1) is 22.8. The maximum absolute atomic E-state index is 12.7. The second-order valence-corrected chi connectivity index (χ2v) is 8.47. The zero-order valence-corrected chi connectivity index (χ0v) is 19.8. The molecule has 0 saturated carbocycles. The highest BCUT2D eigenvalue weighted by Gasteiger charge is 2.27. The molecule has 1 aromatic carbocycles. The molecule has 2 aromatic heterocycles. The molecule has 10 heteroatoms. The van der Waals surface area contributed by atoms with Gasteiger partial charge in [0.1, 0.15) is 28.0 Å². The number of thiophene rings is 1. The Morgan fingerprint density at radius 2 is 1.71 bits per heavy atom. The predicted molar refractivity (Wildman–Crippen MR) is 122 cm³/mol. The van der Waals surface area contributed by atoms with Crippen LogP contribution in [0.4, 0.5) is 5.00 Å². The fourth-order valence-electron chi connectivity index (χ4n) is 2.66. The van der Waals surface area contributed by atoms with E-state index in [9.17, 15) is 14.4 Å². The summed E-state index contributed by atoms with van der Waals surface area (Å²) in [7, 11) is 2.45. The highest BCUT2D eigenvalue weighted by Crippen LogP contribution is 2.34. The molecule has 31 heavy (non-hydrogen) atoms. The molecule has 1 amide bonds. The van der Waals surface area contributed by atoms with Crippen molar-refractivity contribution in [2.75, 3.05) is 19.5 Å². The highest BCUT2D eigenvalue weighted by atomic mass is 127. The monoisotopic (exact) mass is 555 g/mol. The molecule has 0 atom stereocenters. The second-order valence-electron chi connectivity index (χ2n) is 6.21. The van der Waals surface area contributed by atoms with Crippen LogP contribution in [-0.2, 0) is 16.1 Å². The minimum atomic E-state index is -0.676. The molecule has 0 saturated heterocycles. The lowest BCUT2D eigenvalue weighted by molar-refractivity contribution is 0.0601. The molecular weight excluding hydrogens is 537 g/mol. The number of nitrogens with one attached hydrogen (secondary N) is 1. The summed E-state index contributed by atoms with van der Waals surface area (Å²) in [6, 6.07) is 10.6. The average Bonchev–Trinajstić information content (AvgIpc) is 3.37. The molecule has 0 aliphatic rings. The minimum Gasteiger partial charge on any atom is -0.486 e. The van der Waals surface area contributed by atoms with Crippen molar-refractivity contribution in [3.05, 3.63) is 67.5 Å². The number of carbonyl (C=O) groups is 3. The van der Waals surface area contributed by atoms with E-state index >= 15 is 0 Å². The molecule has 3 aromatic rings. The topological polar surface area (TPSA) is 104 Å². The van der Waals surface area contributed by atoms with Gasteiger partial charge in [0.05, 0.1) is 19.8 Å². The normalized spacial score (nSPS) is 10.5. The molecule has 3 rings (SSSR count). The summed E-state index contributed by atoms with van der Waals surface area (Å²) in [5, 5.41) is 2.78. The lowest BCUT2D eigenvalue weighted by Gasteiger charge is -2.05. The summed E-state index contributed by atoms with van der Waals surface area (Å²) >= 11 is 3.13. The number of rotatable bonds is 7. The van der Waals surface area contributed by atoms with Gasteiger partial charge in [-0.1, -0.05) is 0 Å². The number of carbonyl (C=O) groups excluding carboxylic acids is 3. The van der Waals surface area contributed by atoms with E-state index in [0.29, 0.717) is 17.1 Å². The van der Waals surface area contributed by atoms with Gasteiger partial charge in [0.15, 0.2) is 5.76 Å². The largest absolute Gasteiger partial charge is 0.486 e. The maximum atomic E-state index is 12.7. The predicted octanol–water partition coefficient (Wildman–Crippen LogP) is 4.66. The Kier molecular flexibility index (Phi) is 7.33. The lowest BCUT2D eigenvalue weighted by atomic mass is 10.1. The van der Waals surface area contributed by atoms with Gasteiger partial charge in [-0.2, -0.15) is 0 Å². The summed E-state index contributed by atoms with van der Waals surface area (Å²) in [6.07, 6.45) is 0. The Labute approximate surface area is 195 Å². The maximum Gasteiger partial charge on any atom is 0.348 e. The second kappa shape index (κ2) is 9.96. The van der Waals surface area contributed by atoms with Gasteiger partial charge in [-0.05, 0) is 71.5 Å². The van der Waals surface area contributed by atoms with E-state index < -0.39 is 17.8 Å². The first-order valence-corrected chi connectivity index (χ1v) is 10.8. The van der Waals surface area contributed by atoms with Crippen LogP contribution < -0.4 is 10.1 Å². The Morgan fingerprint density at radius 3 is 2.35 bits per heavy atom. The smallest absolute Gasteiger partial charge is 0.348 e. The number of hydrogen-bond acceptors (Lipinski definition) is 8. The molecule has 0 fully saturated rings. The van der Waals surface area contributed by atoms with Gasteiger partial charge in [0.2, 0.25) is 0 Å². The van der Waals surface area contributed by atoms with Crippen LogP contribution in [0.5, 0.6) is 5.75 Å². The van der Waals surface area contributed by atoms with E-state index in [-0.39, 0.29) is 27.8 Å². The molecular formula is C21H18INO7S. The standard InChI is InChI=1S/C21H18INO7S/c1-11-16(20(25)27-2)19(31-17(11)21(26)28-3)23-18(24)15-9-8-14(30-15)10-29-13-6-4-12(22)5-7-13/h4-9H,10H2,1-3H3,(H,23,24). The third kappa shape index (κ3) is 5.25. The zero-order valence-electron chi connectivity index (χ0n) is 16.8. The summed E-state index contributed by atoms with van der Waals surface area (Å²) < 4.78 is 21.8. The number of amides is 1. The van der Waals surface area contributed by atoms with Gasteiger partial charge in [-0.15, -0.1) is 11.3 Å². The number of benzene rings is 1. The summed E-state index contributed by atoms with van der Waals surface area (Å²) in [5.41, 5.74) is 0.458. The van der Waals surface area contributed by atoms with E-state index in [1.54, 1.807) is 13.0 Å². The SMILES string of the molecule is COC(=O)c1sc(NC(=O)c2ccc(COc3ccc(I)cc3)o2)c(C(=O)OC)c1C. The molecule has 0 radical (unpaired) electrons. The molecule has 1 N–H and O–H groups in total. The highest BCUT2D eigenvalue weighted by molar-refractivity contribution is 14.1. The van der Waals surface area contributed by atoms with Crippen LogP contribution in [0.1, 0.15) is 41.9 Å². The molecule has 0 bridgehead atoms. The van der Waals surface area contributed by atoms with E-state index in [1.165, 1.54) is 20.3 Å². The molecule has 162 valence electrons. The Bertz CT molecular complexity index is 1120. The van der Waals surface area contributed by atoms with E-state index in [1.807, 2.05) is 24.3 Å². The van der Waals surface area contributed by atoms with Crippen molar-refractivity contribution in [2.45, 2.75) is 13.5 Å². The van der Waals surface area contributed by atoms with Gasteiger partial charge in [0.25, 0.3) is 5.91 Å². The number of ether oxygens (including phenoxy) is 3. The number of furan rings is 1. The van der Waals surface area contributed by atoms with Crippen LogP contribution >= 0.6 is 33.9 Å². The van der Waals surface area contributed by atoms with E-state index in [2.05, 4.69) is 27.9 Å². The number of hydrogen-bond donors (Lipinski definition) is 1. The Balaban J connectivity index is 1.75. The number of esters is 2. The molecule has 2 heterocycles. The summed E-state index contributed by atoms with van der Waals surface area (Å²) in [4.78, 5) is 37.0. The average molecular weight is 555 g/mol. The molecule has 8 nitrogen and oxygen atoms in total. The Hall–Kier alpha value is -2.86. The minimum absolute atomic E-state index is 0.0303. The van der Waals surface area contributed by atoms with Gasteiger partial charge in [-0.25, -0.2) is 9.59 Å². The quantitative estimate of drug-likeness (QED) is 0.334. The van der Waals surface area contributed by atoms with Crippen molar-refractivity contribution in [3.8, 4) is 5.75 Å². The fraction of sp³-hybridized carbons (Fsp3) is 0.190. The first-order chi connectivity index (χ1) is 14.8. The Morgan fingerprint density at radius 1 is 1.03 bits per heavy atom. The van der Waals surface area contributed by atoms with Gasteiger partial charge >= 0.3 is 11.9 Å². The molecule has 0 unspecified atom stereocenters. The summed E-state index contributed by atoms with van der Waals surface area (Å²) in [5.74, 6) is -0.707. The van der Waals surface area contributed by atoms with Crippen molar-refractivity contribution in [3.63, 3.8) is 0 Å². The van der Waals surface area contributed by atoms with Crippen LogP contribution in [0.15, 0.2) is 40.8 Å². The van der Waals surface area contributed by atoms with Crippen LogP contribution in [-0.4, -0.2) is 32.1 Å². The number of methoxy groups -OCH3 is 2. The fourth-order valence-corrected chi connectivity index (χ4v) is 4.13. The van der Waals surface area contributed by atoms with Gasteiger partial charge in [0, 0.05) is 3.57 Å². The third-order valence-corrected chi connectivity index (χ3v) is 6.12. The van der Waals surface area contributed by atoms with Gasteiger partial charge in [-0.3, -0.25) is 4.79 Å². The first-order valence-electron chi connectivity index (χ1n) is 8.92. The lowest BCUT2D eigenvalue weighted by Crippen LogP contribution is -2.13. The number of anilines is 1. The van der Waals surface area contributed by atoms with E-state index in [0.717, 1.165) is 14.9 Å². The van der Waals surface area contributed by atoms with Crippen molar-refractivity contribution in [1.82, 2.24) is 0 Å². The van der Waals surface area contributed by atoms with Crippen molar-refractivity contribution in [2.24, 2.45) is 0 Å². The van der Waals surface area contributed by atoms with Crippen LogP contribution in [0, 0.1) is 10.5 Å². The summed E-state index contributed by atoms with van der Waals surface area (Å²) in [6.45, 7) is 1.73. The van der Waals surface area contributed by atoms with Gasteiger partial charge < -0.3 is 23.9 Å². The third-order valence-electron chi connectivity index (χ3n) is 4.21. The molecule has 0 aliphatic heterocycles.